The van der Waals surface area contributed by atoms with Crippen LogP contribution in [-0.4, -0.2) is 0 Å². The molecule has 296 valence electrons. The Morgan fingerprint density at radius 1 is 0.270 bits per heavy atom. The molecule has 2 heterocycles. The lowest BCUT2D eigenvalue weighted by Crippen LogP contribution is -2.10. The molecule has 0 aliphatic carbocycles. The monoisotopic (exact) mass is 837 g/mol. The quantitative estimate of drug-likeness (QED) is 0.147. The highest BCUT2D eigenvalue weighted by molar-refractivity contribution is 7.26. The van der Waals surface area contributed by atoms with Crippen molar-refractivity contribution in [2.45, 2.75) is 0 Å². The van der Waals surface area contributed by atoms with Crippen LogP contribution < -0.4 is 4.90 Å². The molecule has 0 bridgehead atoms. The maximum Gasteiger partial charge on any atom is 0.0555 e. The Hall–Kier alpha value is -7.56. The maximum atomic E-state index is 2.48. The number of fused-ring (bicyclic) bond motifs is 6. The van der Waals surface area contributed by atoms with Gasteiger partial charge >= 0.3 is 0 Å². The van der Waals surface area contributed by atoms with E-state index < -0.39 is 0 Å². The van der Waals surface area contributed by atoms with Crippen LogP contribution in [0.4, 0.5) is 17.1 Å². The molecule has 0 fully saturated rings. The zero-order chi connectivity index (χ0) is 41.7. The summed E-state index contributed by atoms with van der Waals surface area (Å²) in [5.74, 6) is 0. The van der Waals surface area contributed by atoms with Crippen molar-refractivity contribution in [3.63, 3.8) is 0 Å². The summed E-state index contributed by atoms with van der Waals surface area (Å²) < 4.78 is 5.16. The summed E-state index contributed by atoms with van der Waals surface area (Å²) in [6.45, 7) is 0. The summed E-state index contributed by atoms with van der Waals surface area (Å²) in [6.07, 6.45) is 0. The van der Waals surface area contributed by atoms with Gasteiger partial charge < -0.3 is 4.90 Å². The first-order chi connectivity index (χ1) is 31.2. The molecule has 0 atom stereocenters. The SMILES string of the molecule is c1ccc(-c2ccc3c(c2)sc2ccc(N(c4ccc(-c5ccccc5-c5ccccc5-c5ccccc5)cc4)c4ccc(-c5ccccc5)c5sc6ccccc6c45)cc23)cc1. The highest BCUT2D eigenvalue weighted by Gasteiger charge is 2.22. The van der Waals surface area contributed by atoms with Gasteiger partial charge in [-0.2, -0.15) is 0 Å². The largest absolute Gasteiger partial charge is 0.310 e. The molecule has 0 radical (unpaired) electrons. The molecule has 0 aliphatic rings. The minimum absolute atomic E-state index is 1.11. The lowest BCUT2D eigenvalue weighted by molar-refractivity contribution is 1.31. The highest BCUT2D eigenvalue weighted by Crippen LogP contribution is 2.50. The van der Waals surface area contributed by atoms with Gasteiger partial charge in [-0.3, -0.25) is 0 Å². The molecule has 3 heteroatoms. The second kappa shape index (κ2) is 15.7. The number of rotatable bonds is 8. The second-order valence-corrected chi connectivity index (χ2v) is 18.1. The molecular weight excluding hydrogens is 799 g/mol. The third kappa shape index (κ3) is 6.61. The fraction of sp³-hybridized carbons (Fsp3) is 0. The van der Waals surface area contributed by atoms with Crippen LogP contribution in [0.1, 0.15) is 0 Å². The predicted octanol–water partition coefficient (Wildman–Crippen LogP) is 18.2. The molecule has 0 saturated carbocycles. The minimum atomic E-state index is 1.11. The molecule has 10 aromatic carbocycles. The minimum Gasteiger partial charge on any atom is -0.310 e. The molecule has 1 nitrogen and oxygen atoms in total. The Morgan fingerprint density at radius 3 is 1.48 bits per heavy atom. The number of benzene rings is 10. The van der Waals surface area contributed by atoms with Crippen LogP contribution >= 0.6 is 22.7 Å². The zero-order valence-electron chi connectivity index (χ0n) is 34.3. The van der Waals surface area contributed by atoms with E-state index in [1.165, 1.54) is 96.0 Å². The van der Waals surface area contributed by atoms with Gasteiger partial charge in [-0.15, -0.1) is 22.7 Å². The molecule has 63 heavy (non-hydrogen) atoms. The van der Waals surface area contributed by atoms with Crippen LogP contribution in [0.3, 0.4) is 0 Å². The van der Waals surface area contributed by atoms with Crippen LogP contribution in [0, 0.1) is 0 Å². The Kier molecular flexibility index (Phi) is 9.29. The van der Waals surface area contributed by atoms with E-state index in [0.717, 1.165) is 17.1 Å². The maximum absolute atomic E-state index is 2.48. The topological polar surface area (TPSA) is 3.24 Å². The molecule has 0 unspecified atom stereocenters. The van der Waals surface area contributed by atoms with Gasteiger partial charge in [0.15, 0.2) is 0 Å². The molecule has 0 N–H and O–H groups in total. The van der Waals surface area contributed by atoms with E-state index in [2.05, 4.69) is 241 Å². The standard InChI is InChI=1S/C60H39NS2/c1-4-16-40(17-5-1)44-30-34-52-54-39-46(33-37-57(54)62-58(52)38-44)61(55-36-35-49(42-20-8-3-9-21-42)60-59(55)53-26-14-15-27-56(53)63-60)45-31-28-43(29-32-45)48-23-11-13-25-51(48)50-24-12-10-22-47(50)41-18-6-2-7-19-41/h1-39H. The first-order valence-electron chi connectivity index (χ1n) is 21.4. The van der Waals surface area contributed by atoms with E-state index in [9.17, 15) is 0 Å². The molecule has 12 rings (SSSR count). The Morgan fingerprint density at radius 2 is 0.794 bits per heavy atom. The van der Waals surface area contributed by atoms with Crippen LogP contribution in [0.2, 0.25) is 0 Å². The second-order valence-electron chi connectivity index (χ2n) is 16.0. The van der Waals surface area contributed by atoms with Crippen LogP contribution in [0.5, 0.6) is 0 Å². The average Bonchev–Trinajstić information content (AvgIpc) is 3.94. The zero-order valence-corrected chi connectivity index (χ0v) is 35.9. The number of nitrogens with zero attached hydrogens (tertiary/aromatic N) is 1. The Labute approximate surface area is 375 Å². The van der Waals surface area contributed by atoms with Gasteiger partial charge in [0, 0.05) is 51.7 Å². The van der Waals surface area contributed by atoms with Crippen molar-refractivity contribution >= 4 is 80.1 Å². The van der Waals surface area contributed by atoms with Crippen LogP contribution in [0.25, 0.3) is 96.0 Å². The molecule has 12 aromatic rings. The lowest BCUT2D eigenvalue weighted by Gasteiger charge is -2.27. The molecule has 0 aliphatic heterocycles. The fourth-order valence-electron chi connectivity index (χ4n) is 9.33. The Balaban J connectivity index is 1.04. The van der Waals surface area contributed by atoms with E-state index in [1.807, 2.05) is 22.7 Å². The van der Waals surface area contributed by atoms with Gasteiger partial charge in [0.25, 0.3) is 0 Å². The number of thiophene rings is 2. The van der Waals surface area contributed by atoms with Gasteiger partial charge in [-0.05, 0) is 104 Å². The summed E-state index contributed by atoms with van der Waals surface area (Å²) >= 11 is 3.75. The third-order valence-corrected chi connectivity index (χ3v) is 14.7. The van der Waals surface area contributed by atoms with Crippen LogP contribution in [0.15, 0.2) is 237 Å². The van der Waals surface area contributed by atoms with E-state index in [1.54, 1.807) is 0 Å². The first kappa shape index (κ1) is 37.2. The van der Waals surface area contributed by atoms with Crippen molar-refractivity contribution in [2.24, 2.45) is 0 Å². The van der Waals surface area contributed by atoms with E-state index in [0.29, 0.717) is 0 Å². The summed E-state index contributed by atoms with van der Waals surface area (Å²) in [7, 11) is 0. The van der Waals surface area contributed by atoms with Gasteiger partial charge in [-0.1, -0.05) is 188 Å². The molecule has 0 amide bonds. The Bertz CT molecular complexity index is 3600. The number of hydrogen-bond donors (Lipinski definition) is 0. The molecule has 0 saturated heterocycles. The van der Waals surface area contributed by atoms with E-state index in [-0.39, 0.29) is 0 Å². The molecule has 0 spiro atoms. The molecular formula is C60H39NS2. The van der Waals surface area contributed by atoms with Crippen molar-refractivity contribution in [1.29, 1.82) is 0 Å². The smallest absolute Gasteiger partial charge is 0.0555 e. The van der Waals surface area contributed by atoms with E-state index in [4.69, 9.17) is 0 Å². The normalized spacial score (nSPS) is 11.5. The van der Waals surface area contributed by atoms with Crippen molar-refractivity contribution < 1.29 is 0 Å². The van der Waals surface area contributed by atoms with Crippen molar-refractivity contribution in [1.82, 2.24) is 0 Å². The van der Waals surface area contributed by atoms with E-state index >= 15 is 0 Å². The summed E-state index contributed by atoms with van der Waals surface area (Å²) in [5.41, 5.74) is 15.6. The van der Waals surface area contributed by atoms with Crippen molar-refractivity contribution in [3.05, 3.63) is 237 Å². The van der Waals surface area contributed by atoms with Crippen molar-refractivity contribution in [3.8, 4) is 55.6 Å². The predicted molar refractivity (Wildman–Crippen MR) is 274 cm³/mol. The van der Waals surface area contributed by atoms with Gasteiger partial charge in [0.1, 0.15) is 0 Å². The van der Waals surface area contributed by atoms with Crippen LogP contribution in [-0.2, 0) is 0 Å². The number of anilines is 3. The summed E-state index contributed by atoms with van der Waals surface area (Å²) in [5, 5.41) is 5.09. The fourth-order valence-corrected chi connectivity index (χ4v) is 11.7. The first-order valence-corrected chi connectivity index (χ1v) is 23.0. The highest BCUT2D eigenvalue weighted by atomic mass is 32.1. The summed E-state index contributed by atoms with van der Waals surface area (Å²) in [6, 6.07) is 86.5. The van der Waals surface area contributed by atoms with Crippen molar-refractivity contribution in [2.75, 3.05) is 4.90 Å². The molecule has 2 aromatic heterocycles. The number of hydrogen-bond acceptors (Lipinski definition) is 3. The average molecular weight is 838 g/mol. The lowest BCUT2D eigenvalue weighted by atomic mass is 9.89. The summed E-state index contributed by atoms with van der Waals surface area (Å²) in [4.78, 5) is 2.48. The third-order valence-electron chi connectivity index (χ3n) is 12.3. The van der Waals surface area contributed by atoms with Gasteiger partial charge in [0.05, 0.1) is 5.69 Å². The van der Waals surface area contributed by atoms with Gasteiger partial charge in [-0.25, -0.2) is 0 Å². The van der Waals surface area contributed by atoms with Gasteiger partial charge in [0.2, 0.25) is 0 Å².